The van der Waals surface area contributed by atoms with Crippen LogP contribution in [0.5, 0.6) is 5.75 Å². The van der Waals surface area contributed by atoms with Crippen LogP contribution in [0.1, 0.15) is 17.9 Å². The minimum absolute atomic E-state index is 0.0824. The largest absolute Gasteiger partial charge is 0.497 e. The van der Waals surface area contributed by atoms with Crippen LogP contribution in [0.2, 0.25) is 0 Å². The first-order valence-corrected chi connectivity index (χ1v) is 9.65. The number of hydrogen-bond acceptors (Lipinski definition) is 6. The Morgan fingerprint density at radius 2 is 2.07 bits per heavy atom. The Hall–Kier alpha value is -3.68. The Morgan fingerprint density at radius 1 is 1.27 bits per heavy atom. The molecule has 2 aromatic carbocycles. The maximum atomic E-state index is 12.6. The van der Waals surface area contributed by atoms with E-state index < -0.39 is 5.92 Å². The molecule has 1 N–H and O–H groups in total. The second-order valence-electron chi connectivity index (χ2n) is 7.16. The van der Waals surface area contributed by atoms with Crippen molar-refractivity contribution in [2.45, 2.75) is 19.9 Å². The fraction of sp³-hybridized carbons (Fsp3) is 0.273. The monoisotopic (exact) mass is 406 g/mol. The lowest BCUT2D eigenvalue weighted by Gasteiger charge is -2.17. The van der Waals surface area contributed by atoms with Gasteiger partial charge in [-0.25, -0.2) is 0 Å². The number of ether oxygens (including phenoxy) is 1. The molecule has 154 valence electrons. The van der Waals surface area contributed by atoms with Crippen LogP contribution in [0.25, 0.3) is 11.4 Å². The Labute approximate surface area is 173 Å². The van der Waals surface area contributed by atoms with Crippen LogP contribution < -0.4 is 15.0 Å². The lowest BCUT2D eigenvalue weighted by atomic mass is 10.1. The first-order valence-electron chi connectivity index (χ1n) is 9.65. The van der Waals surface area contributed by atoms with Crippen molar-refractivity contribution in [3.8, 4) is 17.1 Å². The van der Waals surface area contributed by atoms with E-state index in [0.29, 0.717) is 30.5 Å². The minimum atomic E-state index is -0.396. The zero-order valence-corrected chi connectivity index (χ0v) is 16.8. The Bertz CT molecular complexity index is 1060. The topological polar surface area (TPSA) is 97.6 Å². The summed E-state index contributed by atoms with van der Waals surface area (Å²) in [4.78, 5) is 31.0. The van der Waals surface area contributed by atoms with E-state index in [4.69, 9.17) is 9.26 Å². The van der Waals surface area contributed by atoms with Gasteiger partial charge in [-0.05, 0) is 29.8 Å². The number of carbonyl (C=O) groups is 2. The van der Waals surface area contributed by atoms with Gasteiger partial charge in [0.1, 0.15) is 5.75 Å². The Morgan fingerprint density at radius 3 is 2.77 bits per heavy atom. The number of hydrogen-bond donors (Lipinski definition) is 1. The molecule has 0 unspecified atom stereocenters. The van der Waals surface area contributed by atoms with Crippen molar-refractivity contribution in [2.75, 3.05) is 18.6 Å². The van der Waals surface area contributed by atoms with Gasteiger partial charge < -0.3 is 19.5 Å². The molecule has 0 radical (unpaired) electrons. The van der Waals surface area contributed by atoms with E-state index in [1.165, 1.54) is 0 Å². The lowest BCUT2D eigenvalue weighted by molar-refractivity contribution is -0.126. The van der Waals surface area contributed by atoms with E-state index in [9.17, 15) is 9.59 Å². The van der Waals surface area contributed by atoms with Crippen molar-refractivity contribution in [2.24, 2.45) is 5.92 Å². The quantitative estimate of drug-likeness (QED) is 0.676. The molecule has 0 saturated carbocycles. The zero-order valence-electron chi connectivity index (χ0n) is 16.8. The van der Waals surface area contributed by atoms with Gasteiger partial charge in [0.15, 0.2) is 0 Å². The molecule has 2 heterocycles. The molecule has 1 saturated heterocycles. The van der Waals surface area contributed by atoms with Gasteiger partial charge in [-0.15, -0.1) is 0 Å². The molecule has 3 aromatic rings. The molecule has 1 atom stereocenters. The maximum absolute atomic E-state index is 12.6. The SMILES string of the molecule is COc1ccc(CNC(=O)[C@H]2CC(=O)N(c3cccc(-c4noc(C)n4)c3)C2)cc1. The summed E-state index contributed by atoms with van der Waals surface area (Å²) in [7, 11) is 1.61. The summed E-state index contributed by atoms with van der Waals surface area (Å²) in [6.07, 6.45) is 0.181. The molecule has 0 spiro atoms. The molecule has 1 aromatic heterocycles. The van der Waals surface area contributed by atoms with E-state index in [1.807, 2.05) is 48.5 Å². The van der Waals surface area contributed by atoms with Crippen molar-refractivity contribution < 1.29 is 18.8 Å². The smallest absolute Gasteiger partial charge is 0.227 e. The van der Waals surface area contributed by atoms with Gasteiger partial charge in [0, 0.05) is 37.7 Å². The van der Waals surface area contributed by atoms with Crippen LogP contribution in [0, 0.1) is 12.8 Å². The van der Waals surface area contributed by atoms with E-state index in [2.05, 4.69) is 15.5 Å². The van der Waals surface area contributed by atoms with E-state index in [-0.39, 0.29) is 18.2 Å². The number of nitrogens with one attached hydrogen (secondary N) is 1. The highest BCUT2D eigenvalue weighted by Gasteiger charge is 2.35. The van der Waals surface area contributed by atoms with Gasteiger partial charge in [0.05, 0.1) is 13.0 Å². The first-order chi connectivity index (χ1) is 14.5. The summed E-state index contributed by atoms with van der Waals surface area (Å²) >= 11 is 0. The Balaban J connectivity index is 1.40. The van der Waals surface area contributed by atoms with Crippen LogP contribution in [0.15, 0.2) is 53.1 Å². The predicted molar refractivity (Wildman–Crippen MR) is 110 cm³/mol. The van der Waals surface area contributed by atoms with Crippen molar-refractivity contribution in [3.63, 3.8) is 0 Å². The van der Waals surface area contributed by atoms with E-state index in [0.717, 1.165) is 16.9 Å². The second kappa shape index (κ2) is 8.36. The van der Waals surface area contributed by atoms with Crippen LogP contribution in [0.4, 0.5) is 5.69 Å². The summed E-state index contributed by atoms with van der Waals surface area (Å²) in [5, 5.41) is 6.84. The van der Waals surface area contributed by atoms with Crippen molar-refractivity contribution in [3.05, 3.63) is 60.0 Å². The molecule has 1 aliphatic heterocycles. The highest BCUT2D eigenvalue weighted by Crippen LogP contribution is 2.28. The van der Waals surface area contributed by atoms with Gasteiger partial charge >= 0.3 is 0 Å². The molecule has 1 fully saturated rings. The number of aryl methyl sites for hydroxylation is 1. The molecular weight excluding hydrogens is 384 g/mol. The summed E-state index contributed by atoms with van der Waals surface area (Å²) in [6, 6.07) is 14.9. The second-order valence-corrected chi connectivity index (χ2v) is 7.16. The van der Waals surface area contributed by atoms with Gasteiger partial charge in [-0.1, -0.05) is 29.4 Å². The molecule has 4 rings (SSSR count). The summed E-state index contributed by atoms with van der Waals surface area (Å²) < 4.78 is 10.2. The van der Waals surface area contributed by atoms with Crippen LogP contribution in [0.3, 0.4) is 0 Å². The number of rotatable bonds is 6. The van der Waals surface area contributed by atoms with Gasteiger partial charge in [-0.2, -0.15) is 4.98 Å². The van der Waals surface area contributed by atoms with Gasteiger partial charge in [0.25, 0.3) is 0 Å². The number of amides is 2. The zero-order chi connectivity index (χ0) is 21.1. The van der Waals surface area contributed by atoms with Crippen molar-refractivity contribution in [1.82, 2.24) is 15.5 Å². The van der Waals surface area contributed by atoms with Gasteiger partial charge in [0.2, 0.25) is 23.5 Å². The summed E-state index contributed by atoms with van der Waals surface area (Å²) in [6.45, 7) is 2.46. The predicted octanol–water partition coefficient (Wildman–Crippen LogP) is 2.72. The third-order valence-corrected chi connectivity index (χ3v) is 5.07. The maximum Gasteiger partial charge on any atom is 0.227 e. The molecule has 0 aliphatic carbocycles. The number of methoxy groups -OCH3 is 1. The molecule has 8 nitrogen and oxygen atoms in total. The standard InChI is InChI=1S/C22H22N4O4/c1-14-24-21(25-30-14)16-4-3-5-18(10-16)26-13-17(11-20(26)27)22(28)23-12-15-6-8-19(29-2)9-7-15/h3-10,17H,11-13H2,1-2H3,(H,23,28)/t17-/m0/s1. The van der Waals surface area contributed by atoms with Crippen molar-refractivity contribution >= 4 is 17.5 Å². The third-order valence-electron chi connectivity index (χ3n) is 5.07. The van der Waals surface area contributed by atoms with Crippen LogP contribution in [-0.4, -0.2) is 35.6 Å². The third kappa shape index (κ3) is 4.17. The number of aromatic nitrogens is 2. The molecular formula is C22H22N4O4. The fourth-order valence-corrected chi connectivity index (χ4v) is 3.44. The highest BCUT2D eigenvalue weighted by atomic mass is 16.5. The van der Waals surface area contributed by atoms with E-state index in [1.54, 1.807) is 18.9 Å². The van der Waals surface area contributed by atoms with E-state index >= 15 is 0 Å². The molecule has 2 amide bonds. The van der Waals surface area contributed by atoms with Crippen LogP contribution >= 0.6 is 0 Å². The number of anilines is 1. The highest BCUT2D eigenvalue weighted by molar-refractivity contribution is 6.00. The molecule has 1 aliphatic rings. The lowest BCUT2D eigenvalue weighted by Crippen LogP contribution is -2.32. The molecule has 0 bridgehead atoms. The number of carbonyl (C=O) groups excluding carboxylic acids is 2. The number of benzene rings is 2. The fourth-order valence-electron chi connectivity index (χ4n) is 3.44. The average Bonchev–Trinajstić information content (AvgIpc) is 3.38. The summed E-state index contributed by atoms with van der Waals surface area (Å²) in [5.74, 6) is 1.09. The first kappa shape index (κ1) is 19.6. The Kier molecular flexibility index (Phi) is 5.47. The molecule has 8 heteroatoms. The average molecular weight is 406 g/mol. The van der Waals surface area contributed by atoms with Crippen molar-refractivity contribution in [1.29, 1.82) is 0 Å². The molecule has 30 heavy (non-hydrogen) atoms. The van der Waals surface area contributed by atoms with Crippen LogP contribution in [-0.2, 0) is 16.1 Å². The normalized spacial score (nSPS) is 16.0. The van der Waals surface area contributed by atoms with Gasteiger partial charge in [-0.3, -0.25) is 9.59 Å². The summed E-state index contributed by atoms with van der Waals surface area (Å²) in [5.41, 5.74) is 2.43. The minimum Gasteiger partial charge on any atom is -0.497 e. The number of nitrogens with zero attached hydrogens (tertiary/aromatic N) is 3.